The van der Waals surface area contributed by atoms with E-state index in [4.69, 9.17) is 0 Å². The molecule has 0 bridgehead atoms. The zero-order chi connectivity index (χ0) is 11.4. The zero-order valence-corrected chi connectivity index (χ0v) is 11.2. The minimum absolute atomic E-state index is 0.572. The fourth-order valence-corrected chi connectivity index (χ4v) is 3.34. The Morgan fingerprint density at radius 1 is 1.44 bits per heavy atom. The molecule has 3 heteroatoms. The zero-order valence-electron chi connectivity index (χ0n) is 10.4. The van der Waals surface area contributed by atoms with Crippen molar-refractivity contribution in [1.82, 2.24) is 10.3 Å². The number of aromatic nitrogens is 1. The van der Waals surface area contributed by atoms with Gasteiger partial charge in [0, 0.05) is 18.0 Å². The molecule has 90 valence electrons. The van der Waals surface area contributed by atoms with Gasteiger partial charge in [-0.15, -0.1) is 11.3 Å². The second kappa shape index (κ2) is 5.28. The molecule has 0 aliphatic heterocycles. The Labute approximate surface area is 102 Å². The first kappa shape index (κ1) is 12.1. The lowest BCUT2D eigenvalue weighted by molar-refractivity contribution is 0.316. The highest BCUT2D eigenvalue weighted by Crippen LogP contribution is 2.36. The van der Waals surface area contributed by atoms with Crippen molar-refractivity contribution in [2.24, 2.45) is 5.41 Å². The highest BCUT2D eigenvalue weighted by molar-refractivity contribution is 7.09. The third kappa shape index (κ3) is 3.05. The molecular formula is C13H22N2S. The van der Waals surface area contributed by atoms with Crippen molar-refractivity contribution in [3.8, 4) is 0 Å². The van der Waals surface area contributed by atoms with Crippen LogP contribution in [0.25, 0.3) is 0 Å². The molecule has 2 nitrogen and oxygen atoms in total. The summed E-state index contributed by atoms with van der Waals surface area (Å²) in [6.07, 6.45) is 6.78. The van der Waals surface area contributed by atoms with Crippen LogP contribution >= 0.6 is 11.3 Å². The number of nitrogens with one attached hydrogen (secondary N) is 1. The van der Waals surface area contributed by atoms with Crippen LogP contribution in [0.1, 0.15) is 43.2 Å². The van der Waals surface area contributed by atoms with Crippen molar-refractivity contribution in [2.45, 2.75) is 46.0 Å². The molecule has 16 heavy (non-hydrogen) atoms. The lowest BCUT2D eigenvalue weighted by Gasteiger charge is -2.23. The van der Waals surface area contributed by atoms with E-state index in [0.717, 1.165) is 13.0 Å². The summed E-state index contributed by atoms with van der Waals surface area (Å²) in [4.78, 5) is 5.71. The average molecular weight is 238 g/mol. The Balaban J connectivity index is 1.67. The lowest BCUT2D eigenvalue weighted by atomic mass is 9.89. The number of hydrogen-bond acceptors (Lipinski definition) is 3. The normalized spacial score (nSPS) is 19.1. The summed E-state index contributed by atoms with van der Waals surface area (Å²) in [5.74, 6) is 0. The lowest BCUT2D eigenvalue weighted by Crippen LogP contribution is -2.30. The number of aryl methyl sites for hydroxylation is 1. The summed E-state index contributed by atoms with van der Waals surface area (Å²) in [5.41, 5.74) is 3.73. The average Bonchev–Trinajstić information content (AvgIpc) is 2.84. The Bertz CT molecular complexity index is 326. The molecule has 0 spiro atoms. The fraction of sp³-hybridized carbons (Fsp3) is 0.769. The van der Waals surface area contributed by atoms with E-state index in [2.05, 4.69) is 24.1 Å². The molecule has 1 aromatic heterocycles. The Morgan fingerprint density at radius 2 is 2.19 bits per heavy atom. The van der Waals surface area contributed by atoms with Crippen LogP contribution in [0, 0.1) is 12.3 Å². The summed E-state index contributed by atoms with van der Waals surface area (Å²) < 4.78 is 0. The molecule has 0 saturated heterocycles. The first-order valence-electron chi connectivity index (χ1n) is 6.29. The molecule has 1 aliphatic carbocycles. The van der Waals surface area contributed by atoms with Crippen LogP contribution in [-0.2, 0) is 6.42 Å². The van der Waals surface area contributed by atoms with E-state index < -0.39 is 0 Å². The summed E-state index contributed by atoms with van der Waals surface area (Å²) in [6.45, 7) is 6.80. The van der Waals surface area contributed by atoms with Gasteiger partial charge in [0.25, 0.3) is 0 Å². The van der Waals surface area contributed by atoms with E-state index in [-0.39, 0.29) is 0 Å². The van der Waals surface area contributed by atoms with Crippen LogP contribution in [-0.4, -0.2) is 18.1 Å². The fourth-order valence-electron chi connectivity index (χ4n) is 2.56. The van der Waals surface area contributed by atoms with Gasteiger partial charge in [0.1, 0.15) is 0 Å². The Hall–Kier alpha value is -0.410. The van der Waals surface area contributed by atoms with Gasteiger partial charge < -0.3 is 5.32 Å². The molecule has 0 atom stereocenters. The van der Waals surface area contributed by atoms with Crippen molar-refractivity contribution in [1.29, 1.82) is 0 Å². The Kier molecular flexibility index (Phi) is 3.98. The summed E-state index contributed by atoms with van der Waals surface area (Å²) in [5, 5.41) is 3.61. The monoisotopic (exact) mass is 238 g/mol. The van der Waals surface area contributed by atoms with E-state index in [1.807, 2.05) is 5.51 Å². The molecule has 2 rings (SSSR count). The number of rotatable bonds is 5. The topological polar surface area (TPSA) is 24.9 Å². The second-order valence-electron chi connectivity index (χ2n) is 5.31. The van der Waals surface area contributed by atoms with Gasteiger partial charge in [0.05, 0.1) is 11.2 Å². The van der Waals surface area contributed by atoms with Crippen LogP contribution < -0.4 is 5.32 Å². The van der Waals surface area contributed by atoms with Gasteiger partial charge in [0.15, 0.2) is 0 Å². The minimum atomic E-state index is 0.572. The molecule has 0 amide bonds. The predicted molar refractivity (Wildman–Crippen MR) is 70.0 cm³/mol. The van der Waals surface area contributed by atoms with Crippen molar-refractivity contribution < 1.29 is 0 Å². The highest BCUT2D eigenvalue weighted by atomic mass is 32.1. The third-order valence-electron chi connectivity index (χ3n) is 3.74. The molecule has 1 N–H and O–H groups in total. The molecule has 0 unspecified atom stereocenters. The molecule has 1 aliphatic rings. The van der Waals surface area contributed by atoms with Crippen molar-refractivity contribution in [3.63, 3.8) is 0 Å². The smallest absolute Gasteiger partial charge is 0.0797 e. The van der Waals surface area contributed by atoms with Gasteiger partial charge >= 0.3 is 0 Å². The molecule has 1 saturated carbocycles. The van der Waals surface area contributed by atoms with Crippen molar-refractivity contribution in [3.05, 3.63) is 16.1 Å². The van der Waals surface area contributed by atoms with Gasteiger partial charge in [-0.3, -0.25) is 0 Å². The van der Waals surface area contributed by atoms with E-state index in [9.17, 15) is 0 Å². The quantitative estimate of drug-likeness (QED) is 0.797. The first-order chi connectivity index (χ1) is 7.70. The van der Waals surface area contributed by atoms with Crippen LogP contribution in [0.3, 0.4) is 0 Å². The maximum absolute atomic E-state index is 4.28. The first-order valence-corrected chi connectivity index (χ1v) is 7.17. The van der Waals surface area contributed by atoms with E-state index in [0.29, 0.717) is 5.41 Å². The molecule has 0 aromatic carbocycles. The summed E-state index contributed by atoms with van der Waals surface area (Å²) in [7, 11) is 0. The van der Waals surface area contributed by atoms with Crippen molar-refractivity contribution >= 4 is 11.3 Å². The second-order valence-corrected chi connectivity index (χ2v) is 6.24. The SMILES string of the molecule is Cc1ncsc1CCNCC1(C)CCCC1. The largest absolute Gasteiger partial charge is 0.316 e. The summed E-state index contributed by atoms with van der Waals surface area (Å²) >= 11 is 1.78. The number of thiazole rings is 1. The van der Waals surface area contributed by atoms with Crippen molar-refractivity contribution in [2.75, 3.05) is 13.1 Å². The van der Waals surface area contributed by atoms with E-state index in [1.165, 1.54) is 42.8 Å². The molecule has 1 heterocycles. The van der Waals surface area contributed by atoms with Gasteiger partial charge in [-0.1, -0.05) is 19.8 Å². The number of hydrogen-bond donors (Lipinski definition) is 1. The molecular weight excluding hydrogens is 216 g/mol. The van der Waals surface area contributed by atoms with E-state index >= 15 is 0 Å². The van der Waals surface area contributed by atoms with Gasteiger partial charge in [-0.05, 0) is 31.6 Å². The molecule has 1 fully saturated rings. The minimum Gasteiger partial charge on any atom is -0.316 e. The highest BCUT2D eigenvalue weighted by Gasteiger charge is 2.27. The van der Waals surface area contributed by atoms with E-state index in [1.54, 1.807) is 11.3 Å². The van der Waals surface area contributed by atoms with Gasteiger partial charge in [-0.2, -0.15) is 0 Å². The molecule has 1 aromatic rings. The predicted octanol–water partition coefficient (Wildman–Crippen LogP) is 3.16. The third-order valence-corrected chi connectivity index (χ3v) is 4.73. The van der Waals surface area contributed by atoms with Gasteiger partial charge in [0.2, 0.25) is 0 Å². The molecule has 0 radical (unpaired) electrons. The van der Waals surface area contributed by atoms with Crippen LogP contribution in [0.4, 0.5) is 0 Å². The van der Waals surface area contributed by atoms with Gasteiger partial charge in [-0.25, -0.2) is 4.98 Å². The maximum atomic E-state index is 4.28. The standard InChI is InChI=1S/C13H22N2S/c1-11-12(16-10-15-11)5-8-14-9-13(2)6-3-4-7-13/h10,14H,3-9H2,1-2H3. The van der Waals surface area contributed by atoms with Crippen LogP contribution in [0.15, 0.2) is 5.51 Å². The number of nitrogens with zero attached hydrogens (tertiary/aromatic N) is 1. The summed E-state index contributed by atoms with van der Waals surface area (Å²) in [6, 6.07) is 0. The van der Waals surface area contributed by atoms with Crippen LogP contribution in [0.5, 0.6) is 0 Å². The van der Waals surface area contributed by atoms with Crippen LogP contribution in [0.2, 0.25) is 0 Å². The maximum Gasteiger partial charge on any atom is 0.0797 e. The Morgan fingerprint density at radius 3 is 2.81 bits per heavy atom.